The van der Waals surface area contributed by atoms with Crippen LogP contribution in [0.5, 0.6) is 0 Å². The summed E-state index contributed by atoms with van der Waals surface area (Å²) in [7, 11) is 0. The molecular weight excluding hydrogens is 362 g/mol. The maximum atomic E-state index is 6.30. The Morgan fingerprint density at radius 1 is 1.04 bits per heavy atom. The fourth-order valence-electron chi connectivity index (χ4n) is 2.52. The number of aromatic nitrogens is 3. The highest BCUT2D eigenvalue weighted by Crippen LogP contribution is 2.35. The standard InChI is InChI=1S/C19H17N5S2/c1-11-6-8-13(9-7-11)25-18-15(20)17(21-10-22-18)24-19-23-16-12(2)4-3-5-14(16)26-19/h3-10H,20H2,1-2H3,(H,21,22,23,24). The fourth-order valence-corrected chi connectivity index (χ4v) is 4.26. The zero-order chi connectivity index (χ0) is 18.1. The lowest BCUT2D eigenvalue weighted by molar-refractivity contribution is 1.06. The number of benzene rings is 2. The van der Waals surface area contributed by atoms with E-state index in [-0.39, 0.29) is 0 Å². The minimum Gasteiger partial charge on any atom is -0.394 e. The van der Waals surface area contributed by atoms with Crippen molar-refractivity contribution in [2.45, 2.75) is 23.8 Å². The second-order valence-corrected chi connectivity index (χ2v) is 8.01. The van der Waals surface area contributed by atoms with Gasteiger partial charge in [-0.15, -0.1) is 0 Å². The first-order valence-corrected chi connectivity index (χ1v) is 9.71. The Hall–Kier alpha value is -2.64. The predicted molar refractivity (Wildman–Crippen MR) is 109 cm³/mol. The maximum absolute atomic E-state index is 6.30. The smallest absolute Gasteiger partial charge is 0.189 e. The topological polar surface area (TPSA) is 76.7 Å². The van der Waals surface area contributed by atoms with Crippen molar-refractivity contribution in [2.24, 2.45) is 0 Å². The fraction of sp³-hybridized carbons (Fsp3) is 0.105. The van der Waals surface area contributed by atoms with Gasteiger partial charge in [0.25, 0.3) is 0 Å². The average Bonchev–Trinajstić information content (AvgIpc) is 3.04. The van der Waals surface area contributed by atoms with E-state index in [1.807, 2.05) is 6.07 Å². The van der Waals surface area contributed by atoms with Gasteiger partial charge in [-0.25, -0.2) is 15.0 Å². The number of fused-ring (bicyclic) bond motifs is 1. The molecule has 0 radical (unpaired) electrons. The molecule has 7 heteroatoms. The maximum Gasteiger partial charge on any atom is 0.189 e. The minimum absolute atomic E-state index is 0.522. The van der Waals surface area contributed by atoms with Gasteiger partial charge in [0, 0.05) is 4.90 Å². The van der Waals surface area contributed by atoms with Crippen LogP contribution in [0.1, 0.15) is 11.1 Å². The molecule has 0 amide bonds. The summed E-state index contributed by atoms with van der Waals surface area (Å²) in [5.41, 5.74) is 10.2. The van der Waals surface area contributed by atoms with E-state index < -0.39 is 0 Å². The summed E-state index contributed by atoms with van der Waals surface area (Å²) in [6.45, 7) is 4.12. The van der Waals surface area contributed by atoms with E-state index >= 15 is 0 Å². The number of para-hydroxylation sites is 1. The number of hydrogen-bond donors (Lipinski definition) is 2. The van der Waals surface area contributed by atoms with Gasteiger partial charge < -0.3 is 11.1 Å². The summed E-state index contributed by atoms with van der Waals surface area (Å²) in [4.78, 5) is 14.4. The van der Waals surface area contributed by atoms with Crippen LogP contribution < -0.4 is 11.1 Å². The van der Waals surface area contributed by atoms with Crippen molar-refractivity contribution in [3.05, 3.63) is 59.9 Å². The molecule has 4 rings (SSSR count). The van der Waals surface area contributed by atoms with Crippen molar-refractivity contribution >= 4 is 50.0 Å². The molecule has 0 saturated heterocycles. The van der Waals surface area contributed by atoms with Gasteiger partial charge in [-0.05, 0) is 37.6 Å². The summed E-state index contributed by atoms with van der Waals surface area (Å²) in [6, 6.07) is 14.4. The summed E-state index contributed by atoms with van der Waals surface area (Å²) < 4.78 is 1.13. The van der Waals surface area contributed by atoms with Crippen LogP contribution in [0, 0.1) is 13.8 Å². The van der Waals surface area contributed by atoms with Crippen molar-refractivity contribution < 1.29 is 0 Å². The molecule has 0 fully saturated rings. The third kappa shape index (κ3) is 3.36. The third-order valence-corrected chi connectivity index (χ3v) is 5.89. The number of hydrogen-bond acceptors (Lipinski definition) is 7. The number of thiazole rings is 1. The first-order valence-electron chi connectivity index (χ1n) is 8.08. The normalized spacial score (nSPS) is 11.0. The number of nitrogens with zero attached hydrogens (tertiary/aromatic N) is 3. The summed E-state index contributed by atoms with van der Waals surface area (Å²) in [5, 5.41) is 4.74. The van der Waals surface area contributed by atoms with Crippen LogP contribution in [-0.2, 0) is 0 Å². The quantitative estimate of drug-likeness (QED) is 0.476. The van der Waals surface area contributed by atoms with Crippen LogP contribution in [0.4, 0.5) is 16.6 Å². The largest absolute Gasteiger partial charge is 0.394 e. The molecule has 0 aliphatic rings. The summed E-state index contributed by atoms with van der Waals surface area (Å²) in [5.74, 6) is 0.575. The second kappa shape index (κ2) is 6.93. The molecule has 2 aromatic heterocycles. The molecular formula is C19H17N5S2. The molecule has 0 spiro atoms. The van der Waals surface area contributed by atoms with Crippen LogP contribution in [0.25, 0.3) is 10.2 Å². The molecule has 5 nitrogen and oxygen atoms in total. The van der Waals surface area contributed by atoms with Crippen molar-refractivity contribution in [3.63, 3.8) is 0 Å². The van der Waals surface area contributed by atoms with Gasteiger partial charge in [-0.2, -0.15) is 0 Å². The molecule has 26 heavy (non-hydrogen) atoms. The van der Waals surface area contributed by atoms with Gasteiger partial charge in [0.1, 0.15) is 17.0 Å². The zero-order valence-corrected chi connectivity index (χ0v) is 16.0. The van der Waals surface area contributed by atoms with Gasteiger partial charge in [-0.1, -0.05) is 52.9 Å². The molecule has 3 N–H and O–H groups in total. The van der Waals surface area contributed by atoms with E-state index in [2.05, 4.69) is 70.5 Å². The molecule has 0 atom stereocenters. The van der Waals surface area contributed by atoms with E-state index in [0.717, 1.165) is 30.8 Å². The molecule has 0 aliphatic heterocycles. The van der Waals surface area contributed by atoms with Crippen LogP contribution in [-0.4, -0.2) is 15.0 Å². The molecule has 0 aliphatic carbocycles. The Balaban J connectivity index is 1.62. The number of rotatable bonds is 4. The second-order valence-electron chi connectivity index (χ2n) is 5.92. The van der Waals surface area contributed by atoms with Gasteiger partial charge in [0.2, 0.25) is 0 Å². The molecule has 0 unspecified atom stereocenters. The highest BCUT2D eigenvalue weighted by atomic mass is 32.2. The lowest BCUT2D eigenvalue weighted by Gasteiger charge is -2.09. The monoisotopic (exact) mass is 379 g/mol. The predicted octanol–water partition coefficient (Wildman–Crippen LogP) is 5.18. The van der Waals surface area contributed by atoms with Crippen molar-refractivity contribution in [3.8, 4) is 0 Å². The Kier molecular flexibility index (Phi) is 4.48. The van der Waals surface area contributed by atoms with Gasteiger partial charge in [0.05, 0.1) is 10.2 Å². The molecule has 0 bridgehead atoms. The van der Waals surface area contributed by atoms with E-state index in [4.69, 9.17) is 5.73 Å². The highest BCUT2D eigenvalue weighted by Gasteiger charge is 2.12. The van der Waals surface area contributed by atoms with E-state index in [1.165, 1.54) is 23.7 Å². The molecule has 2 heterocycles. The Labute approximate surface area is 159 Å². The number of anilines is 3. The third-order valence-electron chi connectivity index (χ3n) is 3.93. The molecule has 2 aromatic carbocycles. The van der Waals surface area contributed by atoms with E-state index in [9.17, 15) is 0 Å². The molecule has 130 valence electrons. The lowest BCUT2D eigenvalue weighted by Crippen LogP contribution is -2.02. The SMILES string of the molecule is Cc1ccc(Sc2ncnc(Nc3nc4c(C)cccc4s3)c2N)cc1. The van der Waals surface area contributed by atoms with Crippen LogP contribution in [0.15, 0.2) is 58.7 Å². The molecule has 4 aromatic rings. The van der Waals surface area contributed by atoms with Gasteiger partial charge in [-0.3, -0.25) is 0 Å². The minimum atomic E-state index is 0.522. The van der Waals surface area contributed by atoms with E-state index in [1.54, 1.807) is 11.3 Å². The summed E-state index contributed by atoms with van der Waals surface area (Å²) in [6.07, 6.45) is 1.52. The average molecular weight is 380 g/mol. The van der Waals surface area contributed by atoms with Crippen molar-refractivity contribution in [1.82, 2.24) is 15.0 Å². The van der Waals surface area contributed by atoms with Crippen LogP contribution in [0.3, 0.4) is 0 Å². The Morgan fingerprint density at radius 3 is 2.62 bits per heavy atom. The van der Waals surface area contributed by atoms with Crippen molar-refractivity contribution in [2.75, 3.05) is 11.1 Å². The van der Waals surface area contributed by atoms with Crippen molar-refractivity contribution in [1.29, 1.82) is 0 Å². The van der Waals surface area contributed by atoms with Crippen LogP contribution >= 0.6 is 23.1 Å². The number of nitrogen functional groups attached to an aromatic ring is 1. The zero-order valence-electron chi connectivity index (χ0n) is 14.4. The Morgan fingerprint density at radius 2 is 1.85 bits per heavy atom. The first kappa shape index (κ1) is 16.8. The number of nitrogens with one attached hydrogen (secondary N) is 1. The van der Waals surface area contributed by atoms with Crippen LogP contribution in [0.2, 0.25) is 0 Å². The van der Waals surface area contributed by atoms with E-state index in [0.29, 0.717) is 11.5 Å². The lowest BCUT2D eigenvalue weighted by atomic mass is 10.2. The highest BCUT2D eigenvalue weighted by molar-refractivity contribution is 7.99. The van der Waals surface area contributed by atoms with Gasteiger partial charge >= 0.3 is 0 Å². The summed E-state index contributed by atoms with van der Waals surface area (Å²) >= 11 is 3.10. The molecule has 0 saturated carbocycles. The first-order chi connectivity index (χ1) is 12.6. The Bertz CT molecular complexity index is 1070. The van der Waals surface area contributed by atoms with Gasteiger partial charge in [0.15, 0.2) is 10.9 Å². The number of nitrogens with two attached hydrogens (primary N) is 1. The number of aryl methyl sites for hydroxylation is 2.